The zero-order valence-corrected chi connectivity index (χ0v) is 16.5. The monoisotopic (exact) mass is 390 g/mol. The van der Waals surface area contributed by atoms with Gasteiger partial charge in [0.05, 0.1) is 4.90 Å². The fourth-order valence-electron chi connectivity index (χ4n) is 2.39. The fraction of sp³-hybridized carbons (Fsp3) is 0.350. The van der Waals surface area contributed by atoms with Crippen LogP contribution in [0.5, 0.6) is 5.75 Å². The Balaban J connectivity index is 1.99. The molecule has 146 valence electrons. The SMILES string of the molecule is CCCCNS(=O)(=O)c1ccc(NC(=O)[C@@H](CC)Oc2ccccc2)cc1. The van der Waals surface area contributed by atoms with Crippen LogP contribution in [0.1, 0.15) is 33.1 Å². The standard InChI is InChI=1S/C20H26N2O4S/c1-3-5-15-21-27(24,25)18-13-11-16(12-14-18)22-20(23)19(4-2)26-17-9-7-6-8-10-17/h6-14,19,21H,3-5,15H2,1-2H3,(H,22,23)/t19-/m1/s1. The van der Waals surface area contributed by atoms with Crippen LogP contribution in [0, 0.1) is 0 Å². The number of nitrogens with one attached hydrogen (secondary N) is 2. The van der Waals surface area contributed by atoms with E-state index in [1.54, 1.807) is 24.3 Å². The molecule has 1 atom stereocenters. The Bertz CT molecular complexity index is 821. The molecule has 27 heavy (non-hydrogen) atoms. The maximum Gasteiger partial charge on any atom is 0.265 e. The van der Waals surface area contributed by atoms with Crippen molar-refractivity contribution in [3.05, 3.63) is 54.6 Å². The number of amides is 1. The van der Waals surface area contributed by atoms with Crippen LogP contribution in [0.15, 0.2) is 59.5 Å². The smallest absolute Gasteiger partial charge is 0.265 e. The summed E-state index contributed by atoms with van der Waals surface area (Å²) in [7, 11) is -3.53. The van der Waals surface area contributed by atoms with Crippen LogP contribution >= 0.6 is 0 Å². The lowest BCUT2D eigenvalue weighted by Crippen LogP contribution is -2.32. The average molecular weight is 391 g/mol. The molecule has 0 saturated heterocycles. The van der Waals surface area contributed by atoms with Gasteiger partial charge in [0.1, 0.15) is 5.75 Å². The van der Waals surface area contributed by atoms with Crippen LogP contribution in [-0.4, -0.2) is 27.0 Å². The van der Waals surface area contributed by atoms with E-state index in [4.69, 9.17) is 4.74 Å². The van der Waals surface area contributed by atoms with E-state index in [0.717, 1.165) is 12.8 Å². The molecule has 0 heterocycles. The van der Waals surface area contributed by atoms with Crippen LogP contribution in [-0.2, 0) is 14.8 Å². The number of rotatable bonds is 10. The first-order valence-corrected chi connectivity index (χ1v) is 10.6. The number of benzene rings is 2. The van der Waals surface area contributed by atoms with E-state index >= 15 is 0 Å². The Hall–Kier alpha value is -2.38. The van der Waals surface area contributed by atoms with Crippen molar-refractivity contribution in [1.29, 1.82) is 0 Å². The van der Waals surface area contributed by atoms with Gasteiger partial charge in [0.2, 0.25) is 10.0 Å². The summed E-state index contributed by atoms with van der Waals surface area (Å²) >= 11 is 0. The molecular weight excluding hydrogens is 364 g/mol. The van der Waals surface area contributed by atoms with Crippen molar-refractivity contribution in [2.45, 2.75) is 44.1 Å². The van der Waals surface area contributed by atoms with E-state index in [9.17, 15) is 13.2 Å². The Labute approximate surface area is 161 Å². The second kappa shape index (κ2) is 10.1. The lowest BCUT2D eigenvalue weighted by molar-refractivity contribution is -0.122. The van der Waals surface area contributed by atoms with Crippen LogP contribution in [0.3, 0.4) is 0 Å². The minimum absolute atomic E-state index is 0.171. The van der Waals surface area contributed by atoms with Crippen molar-refractivity contribution >= 4 is 21.6 Å². The highest BCUT2D eigenvalue weighted by Gasteiger charge is 2.19. The Kier molecular flexibility index (Phi) is 7.82. The Morgan fingerprint density at radius 1 is 1.04 bits per heavy atom. The average Bonchev–Trinajstić information content (AvgIpc) is 2.67. The predicted molar refractivity (Wildman–Crippen MR) is 106 cm³/mol. The maximum absolute atomic E-state index is 12.4. The first kappa shape index (κ1) is 20.9. The maximum atomic E-state index is 12.4. The molecule has 0 saturated carbocycles. The Morgan fingerprint density at radius 3 is 2.30 bits per heavy atom. The summed E-state index contributed by atoms with van der Waals surface area (Å²) in [6, 6.07) is 15.2. The number of carbonyl (C=O) groups excluding carboxylic acids is 1. The van der Waals surface area contributed by atoms with Gasteiger partial charge in [-0.05, 0) is 49.2 Å². The van der Waals surface area contributed by atoms with Crippen molar-refractivity contribution in [2.24, 2.45) is 0 Å². The van der Waals surface area contributed by atoms with Crippen molar-refractivity contribution in [1.82, 2.24) is 4.72 Å². The topological polar surface area (TPSA) is 84.5 Å². The molecule has 0 radical (unpaired) electrons. The molecule has 2 rings (SSSR count). The molecule has 6 nitrogen and oxygen atoms in total. The number of sulfonamides is 1. The lowest BCUT2D eigenvalue weighted by Gasteiger charge is -2.17. The quantitative estimate of drug-likeness (QED) is 0.608. The molecule has 2 aromatic rings. The van der Waals surface area contributed by atoms with Crippen LogP contribution in [0.2, 0.25) is 0 Å². The first-order valence-electron chi connectivity index (χ1n) is 9.08. The number of para-hydroxylation sites is 1. The molecule has 0 aliphatic carbocycles. The van der Waals surface area contributed by atoms with Gasteiger partial charge in [0.25, 0.3) is 5.91 Å². The Morgan fingerprint density at radius 2 is 1.70 bits per heavy atom. The largest absolute Gasteiger partial charge is 0.481 e. The first-order chi connectivity index (χ1) is 13.0. The van der Waals surface area contributed by atoms with Crippen molar-refractivity contribution in [3.63, 3.8) is 0 Å². The van der Waals surface area contributed by atoms with E-state index in [1.807, 2.05) is 32.0 Å². The van der Waals surface area contributed by atoms with Gasteiger partial charge in [-0.15, -0.1) is 0 Å². The van der Waals surface area contributed by atoms with Crippen molar-refractivity contribution < 1.29 is 17.9 Å². The summed E-state index contributed by atoms with van der Waals surface area (Å²) in [5.74, 6) is 0.345. The summed E-state index contributed by atoms with van der Waals surface area (Å²) in [6.45, 7) is 4.27. The van der Waals surface area contributed by atoms with E-state index in [1.165, 1.54) is 12.1 Å². The highest BCUT2D eigenvalue weighted by atomic mass is 32.2. The minimum Gasteiger partial charge on any atom is -0.481 e. The third-order valence-electron chi connectivity index (χ3n) is 3.94. The molecule has 0 unspecified atom stereocenters. The zero-order chi connectivity index (χ0) is 19.7. The molecule has 2 N–H and O–H groups in total. The lowest BCUT2D eigenvalue weighted by atomic mass is 10.2. The number of ether oxygens (including phenoxy) is 1. The van der Waals surface area contributed by atoms with Gasteiger partial charge in [-0.25, -0.2) is 13.1 Å². The number of carbonyl (C=O) groups is 1. The molecule has 2 aromatic carbocycles. The van der Waals surface area contributed by atoms with E-state index in [0.29, 0.717) is 24.4 Å². The molecule has 0 fully saturated rings. The van der Waals surface area contributed by atoms with Gasteiger partial charge in [0.15, 0.2) is 6.10 Å². The summed E-state index contributed by atoms with van der Waals surface area (Å²) < 4.78 is 32.6. The van der Waals surface area contributed by atoms with Crippen LogP contribution in [0.4, 0.5) is 5.69 Å². The van der Waals surface area contributed by atoms with Crippen LogP contribution < -0.4 is 14.8 Å². The van der Waals surface area contributed by atoms with Gasteiger partial charge < -0.3 is 10.1 Å². The summed E-state index contributed by atoms with van der Waals surface area (Å²) in [5.41, 5.74) is 0.516. The molecule has 0 aliphatic heterocycles. The number of unbranched alkanes of at least 4 members (excludes halogenated alkanes) is 1. The zero-order valence-electron chi connectivity index (χ0n) is 15.6. The second-order valence-corrected chi connectivity index (χ2v) is 7.86. The molecule has 7 heteroatoms. The van der Waals surface area contributed by atoms with Gasteiger partial charge in [-0.1, -0.05) is 38.5 Å². The highest BCUT2D eigenvalue weighted by Crippen LogP contribution is 2.17. The third-order valence-corrected chi connectivity index (χ3v) is 5.42. The highest BCUT2D eigenvalue weighted by molar-refractivity contribution is 7.89. The third kappa shape index (κ3) is 6.37. The van der Waals surface area contributed by atoms with Gasteiger partial charge in [-0.2, -0.15) is 0 Å². The molecular formula is C20H26N2O4S. The molecule has 0 bridgehead atoms. The molecule has 0 aliphatic rings. The molecule has 1 amide bonds. The van der Waals surface area contributed by atoms with E-state index < -0.39 is 16.1 Å². The fourth-order valence-corrected chi connectivity index (χ4v) is 3.47. The minimum atomic E-state index is -3.53. The summed E-state index contributed by atoms with van der Waals surface area (Å²) in [4.78, 5) is 12.6. The van der Waals surface area contributed by atoms with E-state index in [2.05, 4.69) is 10.0 Å². The molecule has 0 aromatic heterocycles. The van der Waals surface area contributed by atoms with Crippen molar-refractivity contribution in [2.75, 3.05) is 11.9 Å². The second-order valence-electron chi connectivity index (χ2n) is 6.09. The number of hydrogen-bond acceptors (Lipinski definition) is 4. The summed E-state index contributed by atoms with van der Waals surface area (Å²) in [6.07, 6.45) is 1.57. The molecule has 0 spiro atoms. The van der Waals surface area contributed by atoms with Crippen LogP contribution in [0.25, 0.3) is 0 Å². The predicted octanol–water partition coefficient (Wildman–Crippen LogP) is 3.56. The normalized spacial score (nSPS) is 12.4. The van der Waals surface area contributed by atoms with Gasteiger partial charge in [-0.3, -0.25) is 4.79 Å². The van der Waals surface area contributed by atoms with E-state index in [-0.39, 0.29) is 10.8 Å². The summed E-state index contributed by atoms with van der Waals surface area (Å²) in [5, 5.41) is 2.76. The number of hydrogen-bond donors (Lipinski definition) is 2. The van der Waals surface area contributed by atoms with Crippen molar-refractivity contribution in [3.8, 4) is 5.75 Å². The van der Waals surface area contributed by atoms with Gasteiger partial charge >= 0.3 is 0 Å². The number of anilines is 1. The van der Waals surface area contributed by atoms with Gasteiger partial charge in [0, 0.05) is 12.2 Å².